The molecule has 0 radical (unpaired) electrons. The van der Waals surface area contributed by atoms with E-state index in [-0.39, 0.29) is 6.29 Å². The Bertz CT molecular complexity index is 192. The fourth-order valence-corrected chi connectivity index (χ4v) is 0.916. The second-order valence-electron chi connectivity index (χ2n) is 2.77. The fourth-order valence-electron chi connectivity index (χ4n) is 0.916. The van der Waals surface area contributed by atoms with Gasteiger partial charge in [0.1, 0.15) is 0 Å². The Morgan fingerprint density at radius 3 is 2.21 bits per heavy atom. The summed E-state index contributed by atoms with van der Waals surface area (Å²) in [5.41, 5.74) is 0.314. The van der Waals surface area contributed by atoms with Crippen LogP contribution in [0, 0.1) is 0 Å². The van der Waals surface area contributed by atoms with E-state index >= 15 is 0 Å². The highest BCUT2D eigenvalue weighted by Crippen LogP contribution is 2.05. The van der Waals surface area contributed by atoms with Crippen LogP contribution >= 0.6 is 0 Å². The van der Waals surface area contributed by atoms with Crippen LogP contribution in [-0.2, 0) is 14.3 Å². The minimum atomic E-state index is -0.906. The molecule has 0 saturated heterocycles. The molecule has 0 heterocycles. The topological polar surface area (TPSA) is 55.8 Å². The van der Waals surface area contributed by atoms with E-state index < -0.39 is 5.97 Å². The molecule has 0 aliphatic carbocycles. The molecule has 0 aromatic heterocycles. The SMILES string of the molecule is CCOC(CC=C(C)C(=O)O)OCC. The summed E-state index contributed by atoms with van der Waals surface area (Å²) in [6.45, 7) is 6.42. The first-order valence-electron chi connectivity index (χ1n) is 4.75. The van der Waals surface area contributed by atoms with Gasteiger partial charge in [0.25, 0.3) is 0 Å². The summed E-state index contributed by atoms with van der Waals surface area (Å²) >= 11 is 0. The van der Waals surface area contributed by atoms with Crippen molar-refractivity contribution in [3.05, 3.63) is 11.6 Å². The maximum Gasteiger partial charge on any atom is 0.330 e. The summed E-state index contributed by atoms with van der Waals surface area (Å²) in [6.07, 6.45) is 1.75. The molecule has 0 saturated carbocycles. The van der Waals surface area contributed by atoms with E-state index in [1.54, 1.807) is 13.0 Å². The molecule has 0 aliphatic heterocycles. The number of carboxylic acid groups (broad SMARTS) is 1. The van der Waals surface area contributed by atoms with Gasteiger partial charge < -0.3 is 14.6 Å². The first kappa shape index (κ1) is 13.1. The smallest absolute Gasteiger partial charge is 0.330 e. The molecule has 0 unspecified atom stereocenters. The van der Waals surface area contributed by atoms with Crippen LogP contribution in [0.3, 0.4) is 0 Å². The number of aliphatic carboxylic acids is 1. The lowest BCUT2D eigenvalue weighted by Gasteiger charge is -2.14. The Hall–Kier alpha value is -0.870. The zero-order valence-electron chi connectivity index (χ0n) is 8.95. The van der Waals surface area contributed by atoms with Gasteiger partial charge in [-0.25, -0.2) is 4.79 Å². The van der Waals surface area contributed by atoms with Gasteiger partial charge in [0, 0.05) is 25.2 Å². The van der Waals surface area contributed by atoms with Crippen LogP contribution in [0.5, 0.6) is 0 Å². The summed E-state index contributed by atoms with van der Waals surface area (Å²) in [6, 6.07) is 0. The Morgan fingerprint density at radius 2 is 1.86 bits per heavy atom. The number of carboxylic acids is 1. The molecule has 0 aromatic carbocycles. The monoisotopic (exact) mass is 202 g/mol. The van der Waals surface area contributed by atoms with E-state index in [9.17, 15) is 4.79 Å². The zero-order valence-corrected chi connectivity index (χ0v) is 8.95. The Labute approximate surface area is 84.5 Å². The van der Waals surface area contributed by atoms with Gasteiger partial charge in [-0.15, -0.1) is 0 Å². The zero-order chi connectivity index (χ0) is 11.0. The molecule has 0 spiro atoms. The first-order chi connectivity index (χ1) is 6.61. The van der Waals surface area contributed by atoms with Crippen LogP contribution in [0.1, 0.15) is 27.2 Å². The Kier molecular flexibility index (Phi) is 7.06. The van der Waals surface area contributed by atoms with Crippen molar-refractivity contribution in [1.82, 2.24) is 0 Å². The van der Waals surface area contributed by atoms with E-state index in [1.807, 2.05) is 13.8 Å². The fraction of sp³-hybridized carbons (Fsp3) is 0.700. The number of rotatable bonds is 7. The molecular weight excluding hydrogens is 184 g/mol. The molecule has 82 valence electrons. The Morgan fingerprint density at radius 1 is 1.36 bits per heavy atom. The van der Waals surface area contributed by atoms with Gasteiger partial charge in [0.15, 0.2) is 6.29 Å². The predicted molar refractivity (Wildman–Crippen MR) is 53.0 cm³/mol. The minimum Gasteiger partial charge on any atom is -0.478 e. The summed E-state index contributed by atoms with van der Waals surface area (Å²) in [4.78, 5) is 10.5. The lowest BCUT2D eigenvalue weighted by molar-refractivity contribution is -0.134. The van der Waals surface area contributed by atoms with Gasteiger partial charge in [0.2, 0.25) is 0 Å². The highest BCUT2D eigenvalue weighted by Gasteiger charge is 2.07. The van der Waals surface area contributed by atoms with Crippen LogP contribution < -0.4 is 0 Å². The van der Waals surface area contributed by atoms with Crippen LogP contribution in [-0.4, -0.2) is 30.6 Å². The molecule has 0 rings (SSSR count). The highest BCUT2D eigenvalue weighted by molar-refractivity contribution is 5.85. The molecule has 4 nitrogen and oxygen atoms in total. The lowest BCUT2D eigenvalue weighted by Crippen LogP contribution is -2.16. The van der Waals surface area contributed by atoms with Crippen molar-refractivity contribution < 1.29 is 19.4 Å². The van der Waals surface area contributed by atoms with Crippen molar-refractivity contribution >= 4 is 5.97 Å². The Balaban J connectivity index is 4.02. The molecule has 1 N–H and O–H groups in total. The molecule has 0 aromatic rings. The number of carbonyl (C=O) groups is 1. The second-order valence-corrected chi connectivity index (χ2v) is 2.77. The summed E-state index contributed by atoms with van der Waals surface area (Å²) in [5.74, 6) is -0.906. The molecule has 0 bridgehead atoms. The van der Waals surface area contributed by atoms with E-state index in [4.69, 9.17) is 14.6 Å². The van der Waals surface area contributed by atoms with Crippen molar-refractivity contribution in [2.24, 2.45) is 0 Å². The van der Waals surface area contributed by atoms with E-state index in [2.05, 4.69) is 0 Å². The molecular formula is C10H18O4. The molecule has 0 amide bonds. The number of hydrogen-bond acceptors (Lipinski definition) is 3. The van der Waals surface area contributed by atoms with Gasteiger partial charge in [-0.2, -0.15) is 0 Å². The lowest BCUT2D eigenvalue weighted by atomic mass is 10.2. The molecule has 14 heavy (non-hydrogen) atoms. The summed E-state index contributed by atoms with van der Waals surface area (Å²) in [7, 11) is 0. The highest BCUT2D eigenvalue weighted by atomic mass is 16.7. The number of ether oxygens (including phenoxy) is 2. The third kappa shape index (κ3) is 5.72. The molecule has 4 heteroatoms. The second kappa shape index (κ2) is 7.53. The normalized spacial score (nSPS) is 12.1. The van der Waals surface area contributed by atoms with Crippen LogP contribution in [0.15, 0.2) is 11.6 Å². The van der Waals surface area contributed by atoms with Crippen molar-refractivity contribution in [3.63, 3.8) is 0 Å². The van der Waals surface area contributed by atoms with Gasteiger partial charge in [-0.3, -0.25) is 0 Å². The van der Waals surface area contributed by atoms with Gasteiger partial charge in [-0.1, -0.05) is 6.08 Å². The molecule has 0 fully saturated rings. The standard InChI is InChI=1S/C10H18O4/c1-4-13-9(14-5-2)7-6-8(3)10(11)12/h6,9H,4-5,7H2,1-3H3,(H,11,12). The van der Waals surface area contributed by atoms with Crippen LogP contribution in [0.4, 0.5) is 0 Å². The predicted octanol–water partition coefficient (Wildman–Crippen LogP) is 1.81. The largest absolute Gasteiger partial charge is 0.478 e. The third-order valence-electron chi connectivity index (χ3n) is 1.66. The van der Waals surface area contributed by atoms with Crippen molar-refractivity contribution in [1.29, 1.82) is 0 Å². The average molecular weight is 202 g/mol. The third-order valence-corrected chi connectivity index (χ3v) is 1.66. The average Bonchev–Trinajstić information content (AvgIpc) is 2.14. The van der Waals surface area contributed by atoms with Crippen molar-refractivity contribution in [2.75, 3.05) is 13.2 Å². The van der Waals surface area contributed by atoms with Crippen molar-refractivity contribution in [3.8, 4) is 0 Å². The van der Waals surface area contributed by atoms with Crippen LogP contribution in [0.25, 0.3) is 0 Å². The number of hydrogen-bond donors (Lipinski definition) is 1. The quantitative estimate of drug-likeness (QED) is 0.505. The van der Waals surface area contributed by atoms with Crippen molar-refractivity contribution in [2.45, 2.75) is 33.5 Å². The van der Waals surface area contributed by atoms with Gasteiger partial charge >= 0.3 is 5.97 Å². The minimum absolute atomic E-state index is 0.314. The molecule has 0 aliphatic rings. The van der Waals surface area contributed by atoms with Gasteiger partial charge in [0.05, 0.1) is 0 Å². The maximum atomic E-state index is 10.5. The van der Waals surface area contributed by atoms with E-state index in [0.717, 1.165) is 0 Å². The van der Waals surface area contributed by atoms with Crippen LogP contribution in [0.2, 0.25) is 0 Å². The summed E-state index contributed by atoms with van der Waals surface area (Å²) in [5, 5.41) is 8.60. The van der Waals surface area contributed by atoms with E-state index in [0.29, 0.717) is 25.2 Å². The summed E-state index contributed by atoms with van der Waals surface area (Å²) < 4.78 is 10.5. The maximum absolute atomic E-state index is 10.5. The van der Waals surface area contributed by atoms with E-state index in [1.165, 1.54) is 0 Å². The first-order valence-corrected chi connectivity index (χ1v) is 4.75. The van der Waals surface area contributed by atoms with Gasteiger partial charge in [-0.05, 0) is 20.8 Å². The molecule has 0 atom stereocenters.